The van der Waals surface area contributed by atoms with Gasteiger partial charge in [-0.1, -0.05) is 6.07 Å². The summed E-state index contributed by atoms with van der Waals surface area (Å²) in [6, 6.07) is 7.41. The minimum atomic E-state index is -3.78. The molecule has 0 aliphatic heterocycles. The molecule has 6 nitrogen and oxygen atoms in total. The highest BCUT2D eigenvalue weighted by molar-refractivity contribution is 7.92. The lowest BCUT2D eigenvalue weighted by Crippen LogP contribution is -2.19. The predicted octanol–water partition coefficient (Wildman–Crippen LogP) is 1.08. The number of nitrogen functional groups attached to an aromatic ring is 1. The quantitative estimate of drug-likeness (QED) is 0.828. The van der Waals surface area contributed by atoms with Crippen molar-refractivity contribution in [3.05, 3.63) is 52.4 Å². The van der Waals surface area contributed by atoms with Crippen molar-refractivity contribution in [2.45, 2.75) is 11.8 Å². The van der Waals surface area contributed by atoms with Crippen LogP contribution in [0.5, 0.6) is 0 Å². The molecule has 0 saturated carbocycles. The third kappa shape index (κ3) is 2.83. The Balaban J connectivity index is 2.40. The van der Waals surface area contributed by atoms with Gasteiger partial charge in [0.05, 0.1) is 11.4 Å². The van der Waals surface area contributed by atoms with E-state index in [1.807, 2.05) is 6.92 Å². The number of anilines is 2. The number of benzene rings is 1. The van der Waals surface area contributed by atoms with Gasteiger partial charge in [-0.05, 0) is 30.7 Å². The first kappa shape index (κ1) is 14.1. The Morgan fingerprint density at radius 3 is 2.50 bits per heavy atom. The van der Waals surface area contributed by atoms with Crippen molar-refractivity contribution in [3.8, 4) is 0 Å². The monoisotopic (exact) mass is 293 g/mol. The molecule has 0 spiro atoms. The molecule has 0 radical (unpaired) electrons. The van der Waals surface area contributed by atoms with E-state index in [-0.39, 0.29) is 16.1 Å². The second-order valence-electron chi connectivity index (χ2n) is 4.51. The summed E-state index contributed by atoms with van der Waals surface area (Å²) in [4.78, 5) is 11.3. The average Bonchev–Trinajstić information content (AvgIpc) is 2.33. The molecule has 0 atom stereocenters. The second kappa shape index (κ2) is 5.01. The van der Waals surface area contributed by atoms with Gasteiger partial charge in [-0.2, -0.15) is 0 Å². The third-order valence-corrected chi connectivity index (χ3v) is 4.25. The number of aryl methyl sites for hydroxylation is 2. The van der Waals surface area contributed by atoms with Gasteiger partial charge in [0.1, 0.15) is 4.90 Å². The molecule has 0 bridgehead atoms. The Bertz CT molecular complexity index is 810. The Morgan fingerprint density at radius 1 is 1.20 bits per heavy atom. The zero-order valence-corrected chi connectivity index (χ0v) is 11.9. The fraction of sp³-hybridized carbons (Fsp3) is 0.154. The molecule has 1 heterocycles. The van der Waals surface area contributed by atoms with E-state index in [1.165, 1.54) is 29.0 Å². The van der Waals surface area contributed by atoms with Crippen LogP contribution in [0.25, 0.3) is 0 Å². The van der Waals surface area contributed by atoms with Gasteiger partial charge in [-0.15, -0.1) is 0 Å². The highest BCUT2D eigenvalue weighted by Gasteiger charge is 2.17. The Hall–Kier alpha value is -2.28. The van der Waals surface area contributed by atoms with E-state index in [9.17, 15) is 13.2 Å². The van der Waals surface area contributed by atoms with Gasteiger partial charge < -0.3 is 10.3 Å². The fourth-order valence-electron chi connectivity index (χ4n) is 1.78. The highest BCUT2D eigenvalue weighted by atomic mass is 32.2. The van der Waals surface area contributed by atoms with Gasteiger partial charge >= 0.3 is 0 Å². The number of sulfonamides is 1. The SMILES string of the molecule is Cc1ccc(S(=O)(=O)Nc2ccc(=O)n(C)c2)c(N)c1. The number of hydrogen-bond donors (Lipinski definition) is 2. The molecule has 0 unspecified atom stereocenters. The van der Waals surface area contributed by atoms with Crippen molar-refractivity contribution in [1.82, 2.24) is 4.57 Å². The zero-order chi connectivity index (χ0) is 14.9. The molecule has 0 saturated heterocycles. The lowest BCUT2D eigenvalue weighted by atomic mass is 10.2. The second-order valence-corrected chi connectivity index (χ2v) is 6.16. The first-order chi connectivity index (χ1) is 9.29. The zero-order valence-electron chi connectivity index (χ0n) is 11.1. The molecule has 0 aliphatic carbocycles. The molecule has 1 aromatic carbocycles. The highest BCUT2D eigenvalue weighted by Crippen LogP contribution is 2.22. The van der Waals surface area contributed by atoms with Crippen LogP contribution in [0, 0.1) is 6.92 Å². The topological polar surface area (TPSA) is 94.2 Å². The lowest BCUT2D eigenvalue weighted by Gasteiger charge is -2.11. The summed E-state index contributed by atoms with van der Waals surface area (Å²) >= 11 is 0. The Morgan fingerprint density at radius 2 is 1.90 bits per heavy atom. The largest absolute Gasteiger partial charge is 0.398 e. The Kier molecular flexibility index (Phi) is 3.54. The molecule has 20 heavy (non-hydrogen) atoms. The number of aromatic nitrogens is 1. The smallest absolute Gasteiger partial charge is 0.263 e. The minimum absolute atomic E-state index is 0.0111. The molecule has 106 valence electrons. The van der Waals surface area contributed by atoms with Crippen molar-refractivity contribution in [1.29, 1.82) is 0 Å². The Labute approximate surface area is 116 Å². The maximum atomic E-state index is 12.3. The van der Waals surface area contributed by atoms with Gasteiger partial charge in [0, 0.05) is 19.3 Å². The van der Waals surface area contributed by atoms with E-state index in [2.05, 4.69) is 4.72 Å². The number of nitrogens with one attached hydrogen (secondary N) is 1. The van der Waals surface area contributed by atoms with Crippen LogP contribution in [0.3, 0.4) is 0 Å². The summed E-state index contributed by atoms with van der Waals surface area (Å²) in [6.45, 7) is 1.83. The number of nitrogens with zero attached hydrogens (tertiary/aromatic N) is 1. The van der Waals surface area contributed by atoms with Crippen LogP contribution in [0.2, 0.25) is 0 Å². The fourth-order valence-corrected chi connectivity index (χ4v) is 2.93. The molecule has 0 amide bonds. The minimum Gasteiger partial charge on any atom is -0.398 e. The van der Waals surface area contributed by atoms with Crippen molar-refractivity contribution in [2.75, 3.05) is 10.5 Å². The van der Waals surface area contributed by atoms with Crippen molar-refractivity contribution in [2.24, 2.45) is 7.05 Å². The van der Waals surface area contributed by atoms with E-state index in [0.29, 0.717) is 5.69 Å². The van der Waals surface area contributed by atoms with Crippen LogP contribution in [0.15, 0.2) is 46.2 Å². The van der Waals surface area contributed by atoms with Gasteiger partial charge in [0.15, 0.2) is 0 Å². The van der Waals surface area contributed by atoms with Gasteiger partial charge in [-0.25, -0.2) is 8.42 Å². The first-order valence-corrected chi connectivity index (χ1v) is 7.33. The molecule has 2 rings (SSSR count). The van der Waals surface area contributed by atoms with E-state index in [0.717, 1.165) is 5.56 Å². The van der Waals surface area contributed by atoms with Crippen molar-refractivity contribution in [3.63, 3.8) is 0 Å². The number of rotatable bonds is 3. The number of pyridine rings is 1. The summed E-state index contributed by atoms with van der Waals surface area (Å²) in [7, 11) is -2.24. The standard InChI is InChI=1S/C13H15N3O3S/c1-9-3-5-12(11(14)7-9)20(18,19)15-10-4-6-13(17)16(2)8-10/h3-8,15H,14H2,1-2H3. The summed E-state index contributed by atoms with van der Waals surface area (Å²) in [5, 5.41) is 0. The molecule has 3 N–H and O–H groups in total. The molecule has 1 aromatic heterocycles. The first-order valence-electron chi connectivity index (χ1n) is 5.85. The summed E-state index contributed by atoms with van der Waals surface area (Å²) < 4.78 is 28.2. The summed E-state index contributed by atoms with van der Waals surface area (Å²) in [6.07, 6.45) is 1.41. The third-order valence-electron chi connectivity index (χ3n) is 2.79. The van der Waals surface area contributed by atoms with Crippen molar-refractivity contribution >= 4 is 21.4 Å². The van der Waals surface area contributed by atoms with E-state index >= 15 is 0 Å². The van der Waals surface area contributed by atoms with Crippen LogP contribution in [-0.4, -0.2) is 13.0 Å². The van der Waals surface area contributed by atoms with Crippen LogP contribution in [0.1, 0.15) is 5.56 Å². The maximum absolute atomic E-state index is 12.3. The number of hydrogen-bond acceptors (Lipinski definition) is 4. The molecular formula is C13H15N3O3S. The summed E-state index contributed by atoms with van der Waals surface area (Å²) in [5.41, 5.74) is 6.88. The van der Waals surface area contributed by atoms with Crippen LogP contribution >= 0.6 is 0 Å². The molecule has 0 aliphatic rings. The molecule has 0 fully saturated rings. The van der Waals surface area contributed by atoms with Crippen molar-refractivity contribution < 1.29 is 8.42 Å². The van der Waals surface area contributed by atoms with Gasteiger partial charge in [0.2, 0.25) is 5.56 Å². The van der Waals surface area contributed by atoms with Crippen LogP contribution in [0.4, 0.5) is 11.4 Å². The summed E-state index contributed by atoms with van der Waals surface area (Å²) in [5.74, 6) is 0. The van der Waals surface area contributed by atoms with Crippen LogP contribution < -0.4 is 16.0 Å². The van der Waals surface area contributed by atoms with E-state index in [4.69, 9.17) is 5.73 Å². The van der Waals surface area contributed by atoms with E-state index < -0.39 is 10.0 Å². The normalized spacial score (nSPS) is 11.3. The predicted molar refractivity (Wildman–Crippen MR) is 78.1 cm³/mol. The van der Waals surface area contributed by atoms with Gasteiger partial charge in [-0.3, -0.25) is 9.52 Å². The molecular weight excluding hydrogens is 278 g/mol. The lowest BCUT2D eigenvalue weighted by molar-refractivity contribution is 0.601. The maximum Gasteiger partial charge on any atom is 0.263 e. The van der Waals surface area contributed by atoms with Gasteiger partial charge in [0.25, 0.3) is 10.0 Å². The van der Waals surface area contributed by atoms with E-state index in [1.54, 1.807) is 19.2 Å². The molecule has 7 heteroatoms. The molecule has 2 aromatic rings. The number of nitrogens with two attached hydrogens (primary N) is 1. The van der Waals surface area contributed by atoms with Crippen LogP contribution in [-0.2, 0) is 17.1 Å². The average molecular weight is 293 g/mol.